The number of hydrogen-bond acceptors (Lipinski definition) is 4. The quantitative estimate of drug-likeness (QED) is 0.458. The summed E-state index contributed by atoms with van der Waals surface area (Å²) < 4.78 is 0.398. The minimum atomic E-state index is -0.282. The lowest BCUT2D eigenvalue weighted by molar-refractivity contribution is -0.115. The first-order valence-corrected chi connectivity index (χ1v) is 11.0. The van der Waals surface area contributed by atoms with Crippen molar-refractivity contribution in [1.82, 2.24) is 0 Å². The number of para-hydroxylation sites is 1. The molecule has 1 saturated heterocycles. The van der Waals surface area contributed by atoms with E-state index in [9.17, 15) is 9.59 Å². The van der Waals surface area contributed by atoms with Crippen LogP contribution in [0.4, 0.5) is 11.4 Å². The number of rotatable bonds is 4. The van der Waals surface area contributed by atoms with Crippen LogP contribution in [0.3, 0.4) is 0 Å². The summed E-state index contributed by atoms with van der Waals surface area (Å²) in [7, 11) is 0. The molecular formula is C22H19ClN2O2S2. The number of fused-ring (bicyclic) bond motifs is 1. The van der Waals surface area contributed by atoms with Gasteiger partial charge in [0.1, 0.15) is 0 Å². The molecule has 0 atom stereocenters. The van der Waals surface area contributed by atoms with Gasteiger partial charge in [-0.3, -0.25) is 14.5 Å². The number of nitrogens with zero attached hydrogens (tertiary/aromatic N) is 2. The standard InChI is InChI=1S/C22H19ClN2O2S2/c1-3-4-11-24-17-8-6-5-7-15(17)18(20(24)26)19-21(27)25(22(28)29-19)14-10-9-13(2)16(23)12-14/h5-10,12H,3-4,11H2,1-2H3. The molecule has 0 aliphatic carbocycles. The van der Waals surface area contributed by atoms with E-state index in [-0.39, 0.29) is 11.8 Å². The topological polar surface area (TPSA) is 40.6 Å². The summed E-state index contributed by atoms with van der Waals surface area (Å²) >= 11 is 12.9. The molecule has 0 unspecified atom stereocenters. The highest BCUT2D eigenvalue weighted by atomic mass is 35.5. The molecule has 2 heterocycles. The Hall–Kier alpha value is -2.15. The molecule has 2 amide bonds. The number of carbonyl (C=O) groups is 2. The maximum Gasteiger partial charge on any atom is 0.271 e. The van der Waals surface area contributed by atoms with Gasteiger partial charge in [0.15, 0.2) is 4.32 Å². The second-order valence-electron chi connectivity index (χ2n) is 6.97. The van der Waals surface area contributed by atoms with Crippen LogP contribution in [-0.2, 0) is 9.59 Å². The van der Waals surface area contributed by atoms with Gasteiger partial charge in [-0.05, 0) is 37.1 Å². The summed E-state index contributed by atoms with van der Waals surface area (Å²) in [4.78, 5) is 30.2. The van der Waals surface area contributed by atoms with Gasteiger partial charge in [-0.15, -0.1) is 0 Å². The van der Waals surface area contributed by atoms with Gasteiger partial charge in [-0.1, -0.05) is 73.2 Å². The molecule has 0 saturated carbocycles. The Balaban J connectivity index is 1.79. The van der Waals surface area contributed by atoms with Crippen molar-refractivity contribution in [3.8, 4) is 0 Å². The zero-order chi connectivity index (χ0) is 20.7. The van der Waals surface area contributed by atoms with E-state index < -0.39 is 0 Å². The predicted molar refractivity (Wildman–Crippen MR) is 124 cm³/mol. The summed E-state index contributed by atoms with van der Waals surface area (Å²) in [5.41, 5.74) is 3.61. The average Bonchev–Trinajstić information content (AvgIpc) is 3.14. The molecular weight excluding hydrogens is 424 g/mol. The Labute approximate surface area is 184 Å². The lowest BCUT2D eigenvalue weighted by Crippen LogP contribution is -2.29. The van der Waals surface area contributed by atoms with Crippen molar-refractivity contribution in [2.24, 2.45) is 0 Å². The lowest BCUT2D eigenvalue weighted by atomic mass is 10.1. The first-order chi connectivity index (χ1) is 13.9. The molecule has 4 nitrogen and oxygen atoms in total. The first-order valence-electron chi connectivity index (χ1n) is 9.42. The summed E-state index contributed by atoms with van der Waals surface area (Å²) in [6, 6.07) is 13.0. The second-order valence-corrected chi connectivity index (χ2v) is 9.03. The smallest absolute Gasteiger partial charge is 0.271 e. The van der Waals surface area contributed by atoms with E-state index in [4.69, 9.17) is 23.8 Å². The van der Waals surface area contributed by atoms with E-state index in [1.807, 2.05) is 43.3 Å². The molecule has 2 aliphatic heterocycles. The zero-order valence-electron chi connectivity index (χ0n) is 16.1. The number of benzene rings is 2. The monoisotopic (exact) mass is 442 g/mol. The Kier molecular flexibility index (Phi) is 5.51. The maximum atomic E-state index is 13.3. The van der Waals surface area contributed by atoms with Gasteiger partial charge < -0.3 is 4.90 Å². The highest BCUT2D eigenvalue weighted by Gasteiger charge is 2.42. The van der Waals surface area contributed by atoms with Crippen LogP contribution in [0.5, 0.6) is 0 Å². The van der Waals surface area contributed by atoms with Gasteiger partial charge in [-0.2, -0.15) is 0 Å². The molecule has 0 N–H and O–H groups in total. The van der Waals surface area contributed by atoms with Crippen LogP contribution in [0.25, 0.3) is 5.57 Å². The van der Waals surface area contributed by atoms with E-state index in [2.05, 4.69) is 6.92 Å². The van der Waals surface area contributed by atoms with Gasteiger partial charge >= 0.3 is 0 Å². The molecule has 0 radical (unpaired) electrons. The molecule has 148 valence electrons. The highest BCUT2D eigenvalue weighted by molar-refractivity contribution is 8.27. The Morgan fingerprint density at radius 2 is 1.86 bits per heavy atom. The van der Waals surface area contributed by atoms with E-state index in [0.717, 1.165) is 29.7 Å². The Morgan fingerprint density at radius 1 is 1.10 bits per heavy atom. The number of amides is 2. The summed E-state index contributed by atoms with van der Waals surface area (Å²) in [6.45, 7) is 4.62. The summed E-state index contributed by atoms with van der Waals surface area (Å²) in [5, 5.41) is 0.567. The second kappa shape index (κ2) is 7.94. The normalized spacial score (nSPS) is 18.8. The summed E-state index contributed by atoms with van der Waals surface area (Å²) in [5.74, 6) is -0.419. The molecule has 7 heteroatoms. The van der Waals surface area contributed by atoms with Crippen LogP contribution >= 0.6 is 35.6 Å². The van der Waals surface area contributed by atoms with E-state index in [1.165, 1.54) is 16.7 Å². The average molecular weight is 443 g/mol. The van der Waals surface area contributed by atoms with Crippen LogP contribution in [0, 0.1) is 6.92 Å². The fourth-order valence-electron chi connectivity index (χ4n) is 3.50. The first kappa shape index (κ1) is 20.1. The molecule has 29 heavy (non-hydrogen) atoms. The largest absolute Gasteiger partial charge is 0.308 e. The molecule has 0 spiro atoms. The molecule has 2 aromatic rings. The Morgan fingerprint density at radius 3 is 2.59 bits per heavy atom. The molecule has 0 aromatic heterocycles. The van der Waals surface area contributed by atoms with Crippen molar-refractivity contribution in [3.05, 3.63) is 63.5 Å². The highest BCUT2D eigenvalue weighted by Crippen LogP contribution is 2.45. The summed E-state index contributed by atoms with van der Waals surface area (Å²) in [6.07, 6.45) is 1.88. The maximum absolute atomic E-state index is 13.3. The molecule has 0 bridgehead atoms. The number of aryl methyl sites for hydroxylation is 1. The number of anilines is 2. The number of unbranched alkanes of at least 4 members (excludes halogenated alkanes) is 1. The van der Waals surface area contributed by atoms with Crippen molar-refractivity contribution in [1.29, 1.82) is 0 Å². The minimum Gasteiger partial charge on any atom is -0.308 e. The number of halogens is 1. The molecule has 2 aliphatic rings. The van der Waals surface area contributed by atoms with Crippen molar-refractivity contribution < 1.29 is 9.59 Å². The predicted octanol–water partition coefficient (Wildman–Crippen LogP) is 5.57. The minimum absolute atomic E-state index is 0.137. The van der Waals surface area contributed by atoms with Gasteiger partial charge in [0.25, 0.3) is 11.8 Å². The lowest BCUT2D eigenvalue weighted by Gasteiger charge is -2.16. The third-order valence-electron chi connectivity index (χ3n) is 5.07. The number of thiocarbonyl (C=S) groups is 1. The fourth-order valence-corrected chi connectivity index (χ4v) is 5.05. The molecule has 4 rings (SSSR count). The van der Waals surface area contributed by atoms with Crippen molar-refractivity contribution in [2.75, 3.05) is 16.3 Å². The fraction of sp³-hybridized carbons (Fsp3) is 0.227. The van der Waals surface area contributed by atoms with E-state index in [1.54, 1.807) is 11.0 Å². The van der Waals surface area contributed by atoms with Crippen LogP contribution in [0.2, 0.25) is 5.02 Å². The van der Waals surface area contributed by atoms with Crippen molar-refractivity contribution >= 4 is 68.7 Å². The van der Waals surface area contributed by atoms with Gasteiger partial charge in [0.2, 0.25) is 0 Å². The SMILES string of the molecule is CCCCN1C(=O)C(=C2SC(=S)N(c3ccc(C)c(Cl)c3)C2=O)c2ccccc21. The van der Waals surface area contributed by atoms with Crippen LogP contribution in [0.15, 0.2) is 47.4 Å². The number of thioether (sulfide) groups is 1. The molecule has 1 fully saturated rings. The third-order valence-corrected chi connectivity index (χ3v) is 6.85. The third kappa shape index (κ3) is 3.39. The van der Waals surface area contributed by atoms with Crippen LogP contribution < -0.4 is 9.80 Å². The number of hydrogen-bond donors (Lipinski definition) is 0. The van der Waals surface area contributed by atoms with E-state index >= 15 is 0 Å². The van der Waals surface area contributed by atoms with Crippen LogP contribution in [0.1, 0.15) is 30.9 Å². The van der Waals surface area contributed by atoms with Gasteiger partial charge in [0, 0.05) is 17.1 Å². The van der Waals surface area contributed by atoms with Crippen molar-refractivity contribution in [2.45, 2.75) is 26.7 Å². The zero-order valence-corrected chi connectivity index (χ0v) is 18.5. The van der Waals surface area contributed by atoms with Crippen molar-refractivity contribution in [3.63, 3.8) is 0 Å². The van der Waals surface area contributed by atoms with Crippen LogP contribution in [-0.4, -0.2) is 22.7 Å². The van der Waals surface area contributed by atoms with E-state index in [0.29, 0.717) is 32.1 Å². The van der Waals surface area contributed by atoms with Gasteiger partial charge in [0.05, 0.1) is 21.9 Å². The molecule has 2 aromatic carbocycles. The van der Waals surface area contributed by atoms with Gasteiger partial charge in [-0.25, -0.2) is 0 Å². The number of carbonyl (C=O) groups excluding carboxylic acids is 2. The Bertz CT molecular complexity index is 1080.